The fourth-order valence-corrected chi connectivity index (χ4v) is 5.67. The van der Waals surface area contributed by atoms with Gasteiger partial charge < -0.3 is 13.7 Å². The van der Waals surface area contributed by atoms with E-state index in [-0.39, 0.29) is 16.4 Å². The van der Waals surface area contributed by atoms with Gasteiger partial charge in [-0.2, -0.15) is 4.31 Å². The fraction of sp³-hybridized carbons (Fsp3) is 0.350. The first-order valence-corrected chi connectivity index (χ1v) is 12.7. The van der Waals surface area contributed by atoms with Crippen molar-refractivity contribution in [3.05, 3.63) is 42.4 Å². The summed E-state index contributed by atoms with van der Waals surface area (Å²) in [5.41, 5.74) is 5.90. The lowest BCUT2D eigenvalue weighted by Gasteiger charge is -2.26. The van der Waals surface area contributed by atoms with Gasteiger partial charge in [-0.25, -0.2) is 13.4 Å². The number of hydrogen-bond donors (Lipinski definition) is 2. The molecule has 176 valence electrons. The molecule has 2 amide bonds. The predicted molar refractivity (Wildman–Crippen MR) is 120 cm³/mol. The number of hydrazine groups is 1. The van der Waals surface area contributed by atoms with Crippen LogP contribution in [0.3, 0.4) is 0 Å². The second-order valence-electron chi connectivity index (χ2n) is 7.07. The van der Waals surface area contributed by atoms with Crippen molar-refractivity contribution in [2.75, 3.05) is 32.1 Å². The minimum Gasteiger partial charge on any atom is -0.459 e. The molecule has 1 aliphatic rings. The molecule has 1 aromatic carbocycles. The zero-order valence-electron chi connectivity index (χ0n) is 17.8. The molecule has 3 heterocycles. The second-order valence-corrected chi connectivity index (χ2v) is 9.95. The minimum atomic E-state index is -3.64. The lowest BCUT2D eigenvalue weighted by molar-refractivity contribution is -0.119. The average molecular weight is 494 g/mol. The van der Waals surface area contributed by atoms with Crippen LogP contribution in [0.2, 0.25) is 0 Å². The number of carbonyl (C=O) groups excluding carboxylic acids is 2. The molecule has 13 heteroatoms. The van der Waals surface area contributed by atoms with Gasteiger partial charge in [-0.3, -0.25) is 20.4 Å². The Morgan fingerprint density at radius 2 is 1.97 bits per heavy atom. The van der Waals surface area contributed by atoms with Gasteiger partial charge in [-0.15, -0.1) is 0 Å². The summed E-state index contributed by atoms with van der Waals surface area (Å²) in [6, 6.07) is 7.91. The number of nitrogens with zero attached hydrogens (tertiary/aromatic N) is 3. The molecule has 1 fully saturated rings. The Bertz CT molecular complexity index is 1250. The van der Waals surface area contributed by atoms with Crippen LogP contribution in [0.4, 0.5) is 0 Å². The number of benzene rings is 1. The van der Waals surface area contributed by atoms with Gasteiger partial charge >= 0.3 is 5.91 Å². The van der Waals surface area contributed by atoms with E-state index in [1.165, 1.54) is 28.4 Å². The van der Waals surface area contributed by atoms with Gasteiger partial charge in [0.2, 0.25) is 15.9 Å². The van der Waals surface area contributed by atoms with Gasteiger partial charge in [-0.05, 0) is 37.3 Å². The monoisotopic (exact) mass is 493 g/mol. The van der Waals surface area contributed by atoms with Crippen molar-refractivity contribution in [1.29, 1.82) is 0 Å². The number of hydrogen-bond acceptors (Lipinski definition) is 8. The third-order valence-electron chi connectivity index (χ3n) is 5.00. The van der Waals surface area contributed by atoms with Crippen LogP contribution in [0.1, 0.15) is 17.5 Å². The molecule has 0 saturated carbocycles. The Hall–Kier alpha value is -2.87. The Labute approximate surface area is 194 Å². The normalized spacial score (nSPS) is 14.9. The molecule has 0 spiro atoms. The summed E-state index contributed by atoms with van der Waals surface area (Å²) < 4.78 is 39.4. The number of fused-ring (bicyclic) bond motifs is 1. The summed E-state index contributed by atoms with van der Waals surface area (Å²) in [7, 11) is -3.64. The highest BCUT2D eigenvalue weighted by atomic mass is 32.2. The molecule has 0 unspecified atom stereocenters. The van der Waals surface area contributed by atoms with E-state index in [0.29, 0.717) is 43.5 Å². The van der Waals surface area contributed by atoms with Crippen LogP contribution in [-0.2, 0) is 26.1 Å². The number of aromatic nitrogens is 2. The number of ether oxygens (including phenoxy) is 1. The number of nitrogens with one attached hydrogen (secondary N) is 2. The number of aryl methyl sites for hydroxylation is 1. The quantitative estimate of drug-likeness (QED) is 0.371. The van der Waals surface area contributed by atoms with E-state index >= 15 is 0 Å². The van der Waals surface area contributed by atoms with Crippen LogP contribution in [-0.4, -0.2) is 66.1 Å². The van der Waals surface area contributed by atoms with Gasteiger partial charge in [-0.1, -0.05) is 11.8 Å². The molecular formula is C20H23N5O6S2. The number of rotatable bonds is 7. The second kappa shape index (κ2) is 9.95. The summed E-state index contributed by atoms with van der Waals surface area (Å²) in [4.78, 5) is 28.7. The zero-order valence-corrected chi connectivity index (χ0v) is 19.4. The number of imidazole rings is 1. The summed E-state index contributed by atoms with van der Waals surface area (Å²) in [5.74, 6) is -0.905. The maximum absolute atomic E-state index is 13.0. The van der Waals surface area contributed by atoms with Gasteiger partial charge in [0.25, 0.3) is 0 Å². The summed E-state index contributed by atoms with van der Waals surface area (Å²) in [6.45, 7) is 3.90. The van der Waals surface area contributed by atoms with Crippen molar-refractivity contribution in [1.82, 2.24) is 24.7 Å². The first kappa shape index (κ1) is 23.3. The number of amides is 2. The Kier molecular flexibility index (Phi) is 7.02. The molecule has 1 aliphatic heterocycles. The minimum absolute atomic E-state index is 0.000685. The molecule has 2 aromatic heterocycles. The highest BCUT2D eigenvalue weighted by molar-refractivity contribution is 7.99. The molecule has 0 atom stereocenters. The molecule has 0 radical (unpaired) electrons. The van der Waals surface area contributed by atoms with E-state index < -0.39 is 21.8 Å². The van der Waals surface area contributed by atoms with E-state index in [2.05, 4.69) is 15.8 Å². The molecule has 33 heavy (non-hydrogen) atoms. The van der Waals surface area contributed by atoms with Crippen molar-refractivity contribution in [3.8, 4) is 0 Å². The summed E-state index contributed by atoms with van der Waals surface area (Å²) >= 11 is 1.18. The van der Waals surface area contributed by atoms with Crippen LogP contribution in [0, 0.1) is 0 Å². The maximum Gasteiger partial charge on any atom is 0.305 e. The van der Waals surface area contributed by atoms with Gasteiger partial charge in [0.1, 0.15) is 0 Å². The first-order chi connectivity index (χ1) is 15.9. The zero-order chi connectivity index (χ0) is 23.4. The van der Waals surface area contributed by atoms with Crippen molar-refractivity contribution in [2.24, 2.45) is 0 Å². The van der Waals surface area contributed by atoms with Crippen LogP contribution >= 0.6 is 11.8 Å². The summed E-state index contributed by atoms with van der Waals surface area (Å²) in [6.07, 6.45) is 1.36. The third kappa shape index (κ3) is 5.05. The molecule has 0 bridgehead atoms. The average Bonchev–Trinajstić information content (AvgIpc) is 3.49. The fourth-order valence-electron chi connectivity index (χ4n) is 3.36. The SMILES string of the molecule is CCn1c(SCC(=O)NNC(=O)c2ccco2)nc2cc(S(=O)(=O)N3CCOCC3)ccc21. The standard InChI is InChI=1S/C20H23N5O6S2/c1-2-25-16-6-5-14(33(28,29)24-7-10-30-11-8-24)12-15(16)21-20(25)32-13-18(26)22-23-19(27)17-4-3-9-31-17/h3-6,9,12H,2,7-8,10-11,13H2,1H3,(H,22,26)(H,23,27). The lowest BCUT2D eigenvalue weighted by Crippen LogP contribution is -2.42. The van der Waals surface area contributed by atoms with Gasteiger partial charge in [0.05, 0.1) is 41.2 Å². The van der Waals surface area contributed by atoms with E-state index in [4.69, 9.17) is 9.15 Å². The maximum atomic E-state index is 13.0. The molecular weight excluding hydrogens is 470 g/mol. The molecule has 2 N–H and O–H groups in total. The highest BCUT2D eigenvalue weighted by Crippen LogP contribution is 2.27. The molecule has 0 aliphatic carbocycles. The summed E-state index contributed by atoms with van der Waals surface area (Å²) in [5, 5.41) is 0.570. The lowest BCUT2D eigenvalue weighted by atomic mass is 10.3. The first-order valence-electron chi connectivity index (χ1n) is 10.2. The molecule has 1 saturated heterocycles. The van der Waals surface area contributed by atoms with Gasteiger partial charge in [0.15, 0.2) is 10.9 Å². The number of sulfonamides is 1. The van der Waals surface area contributed by atoms with Crippen LogP contribution in [0.5, 0.6) is 0 Å². The Morgan fingerprint density at radius 1 is 1.18 bits per heavy atom. The van der Waals surface area contributed by atoms with Crippen LogP contribution in [0.15, 0.2) is 51.1 Å². The predicted octanol–water partition coefficient (Wildman–Crippen LogP) is 1.22. The molecule has 11 nitrogen and oxygen atoms in total. The number of thioether (sulfide) groups is 1. The molecule has 4 rings (SSSR count). The van der Waals surface area contributed by atoms with Gasteiger partial charge in [0, 0.05) is 19.6 Å². The number of furan rings is 1. The smallest absolute Gasteiger partial charge is 0.305 e. The van der Waals surface area contributed by atoms with E-state index in [0.717, 1.165) is 5.52 Å². The van der Waals surface area contributed by atoms with E-state index in [1.807, 2.05) is 11.5 Å². The van der Waals surface area contributed by atoms with Crippen molar-refractivity contribution >= 4 is 44.6 Å². The Balaban J connectivity index is 1.45. The molecule has 3 aromatic rings. The number of morpholine rings is 1. The van der Waals surface area contributed by atoms with E-state index in [9.17, 15) is 18.0 Å². The van der Waals surface area contributed by atoms with Crippen LogP contribution in [0.25, 0.3) is 11.0 Å². The van der Waals surface area contributed by atoms with E-state index in [1.54, 1.807) is 24.3 Å². The topological polar surface area (TPSA) is 136 Å². The van der Waals surface area contributed by atoms with Crippen molar-refractivity contribution in [2.45, 2.75) is 23.5 Å². The van der Waals surface area contributed by atoms with Crippen molar-refractivity contribution in [3.63, 3.8) is 0 Å². The highest BCUT2D eigenvalue weighted by Gasteiger charge is 2.27. The number of carbonyl (C=O) groups is 2. The van der Waals surface area contributed by atoms with Crippen molar-refractivity contribution < 1.29 is 27.2 Å². The largest absolute Gasteiger partial charge is 0.459 e. The van der Waals surface area contributed by atoms with Crippen LogP contribution < -0.4 is 10.9 Å². The third-order valence-corrected chi connectivity index (χ3v) is 7.87. The Morgan fingerprint density at radius 3 is 2.67 bits per heavy atom.